The number of carbonyl (C=O) groups is 2. The quantitative estimate of drug-likeness (QED) is 0.675. The molecule has 3 aromatic rings. The average Bonchev–Trinajstić information content (AvgIpc) is 3.06. The van der Waals surface area contributed by atoms with Gasteiger partial charge in [-0.15, -0.1) is 0 Å². The van der Waals surface area contributed by atoms with Crippen LogP contribution in [0.5, 0.6) is 0 Å². The number of rotatable bonds is 5. The molecule has 138 valence electrons. The average molecular weight is 379 g/mol. The number of aryl methyl sites for hydroxylation is 1. The van der Waals surface area contributed by atoms with Gasteiger partial charge in [-0.25, -0.2) is 4.98 Å². The van der Waals surface area contributed by atoms with Crippen molar-refractivity contribution in [1.29, 1.82) is 0 Å². The van der Waals surface area contributed by atoms with Gasteiger partial charge in [0.25, 0.3) is 0 Å². The van der Waals surface area contributed by atoms with Crippen LogP contribution in [0.2, 0.25) is 0 Å². The third-order valence-corrected chi connectivity index (χ3v) is 5.75. The number of benzene rings is 2. The molecular formula is C21H21N3O2S. The van der Waals surface area contributed by atoms with E-state index in [1.54, 1.807) is 0 Å². The number of carbonyl (C=O) groups excluding carboxylic acids is 2. The SMILES string of the molecule is CCCCc1ccc2nc(NC(=O)C3CC(=O)Nc4ccccc43)sc2c1. The zero-order valence-electron chi connectivity index (χ0n) is 15.1. The summed E-state index contributed by atoms with van der Waals surface area (Å²) in [4.78, 5) is 29.3. The topological polar surface area (TPSA) is 71.1 Å². The minimum atomic E-state index is -0.498. The Morgan fingerprint density at radius 3 is 3.00 bits per heavy atom. The van der Waals surface area contributed by atoms with Crippen molar-refractivity contribution in [3.63, 3.8) is 0 Å². The van der Waals surface area contributed by atoms with Gasteiger partial charge in [-0.1, -0.05) is 48.9 Å². The maximum Gasteiger partial charge on any atom is 0.234 e. The molecule has 27 heavy (non-hydrogen) atoms. The smallest absolute Gasteiger partial charge is 0.234 e. The molecular weight excluding hydrogens is 358 g/mol. The standard InChI is InChI=1S/C21H21N3O2S/c1-2-3-6-13-9-10-17-18(11-13)27-21(23-17)24-20(26)15-12-19(25)22-16-8-5-4-7-14(15)16/h4-5,7-11,15H,2-3,6,12H2,1H3,(H,22,25)(H,23,24,26). The molecule has 1 aliphatic heterocycles. The maximum absolute atomic E-state index is 12.8. The summed E-state index contributed by atoms with van der Waals surface area (Å²) in [6.07, 6.45) is 3.53. The summed E-state index contributed by atoms with van der Waals surface area (Å²) in [5.74, 6) is -0.830. The molecule has 0 fully saturated rings. The number of para-hydroxylation sites is 1. The van der Waals surface area contributed by atoms with Gasteiger partial charge in [-0.05, 0) is 42.2 Å². The largest absolute Gasteiger partial charge is 0.326 e. The summed E-state index contributed by atoms with van der Waals surface area (Å²) in [6.45, 7) is 2.18. The number of fused-ring (bicyclic) bond motifs is 2. The van der Waals surface area contributed by atoms with Crippen LogP contribution in [0.4, 0.5) is 10.8 Å². The van der Waals surface area contributed by atoms with Crippen molar-refractivity contribution >= 4 is 44.2 Å². The fraction of sp³-hybridized carbons (Fsp3) is 0.286. The molecule has 2 N–H and O–H groups in total. The minimum absolute atomic E-state index is 0.140. The Morgan fingerprint density at radius 2 is 2.15 bits per heavy atom. The third-order valence-electron chi connectivity index (χ3n) is 4.82. The van der Waals surface area contributed by atoms with Gasteiger partial charge in [0.05, 0.1) is 16.1 Å². The van der Waals surface area contributed by atoms with E-state index in [-0.39, 0.29) is 18.2 Å². The number of hydrogen-bond acceptors (Lipinski definition) is 4. The Kier molecular flexibility index (Phi) is 4.90. The van der Waals surface area contributed by atoms with E-state index < -0.39 is 5.92 Å². The van der Waals surface area contributed by atoms with Crippen LogP contribution in [0.25, 0.3) is 10.2 Å². The summed E-state index contributed by atoms with van der Waals surface area (Å²) in [7, 11) is 0. The second kappa shape index (κ2) is 7.48. The van der Waals surface area contributed by atoms with E-state index in [9.17, 15) is 9.59 Å². The molecule has 6 heteroatoms. The molecule has 1 aromatic heterocycles. The number of amides is 2. The second-order valence-electron chi connectivity index (χ2n) is 6.81. The highest BCUT2D eigenvalue weighted by atomic mass is 32.1. The van der Waals surface area contributed by atoms with Crippen molar-refractivity contribution < 1.29 is 9.59 Å². The molecule has 2 heterocycles. The van der Waals surface area contributed by atoms with Gasteiger partial charge in [0.2, 0.25) is 11.8 Å². The number of unbranched alkanes of at least 4 members (excludes halogenated alkanes) is 1. The Bertz CT molecular complexity index is 1010. The highest BCUT2D eigenvalue weighted by Crippen LogP contribution is 2.34. The molecule has 5 nitrogen and oxygen atoms in total. The molecule has 0 saturated carbocycles. The number of nitrogens with one attached hydrogen (secondary N) is 2. The fourth-order valence-corrected chi connectivity index (χ4v) is 4.33. The summed E-state index contributed by atoms with van der Waals surface area (Å²) < 4.78 is 1.07. The van der Waals surface area contributed by atoms with Gasteiger partial charge in [0.1, 0.15) is 0 Å². The number of aromatic nitrogens is 1. The first-order valence-corrected chi connectivity index (χ1v) is 10.0. The molecule has 2 aromatic carbocycles. The van der Waals surface area contributed by atoms with Crippen LogP contribution in [-0.4, -0.2) is 16.8 Å². The first-order valence-electron chi connectivity index (χ1n) is 9.23. The van der Waals surface area contributed by atoms with Crippen molar-refractivity contribution in [3.05, 3.63) is 53.6 Å². The van der Waals surface area contributed by atoms with Crippen LogP contribution in [0, 0.1) is 0 Å². The van der Waals surface area contributed by atoms with Crippen molar-refractivity contribution in [1.82, 2.24) is 4.98 Å². The zero-order chi connectivity index (χ0) is 18.8. The van der Waals surface area contributed by atoms with E-state index in [1.807, 2.05) is 30.3 Å². The molecule has 0 aliphatic carbocycles. The van der Waals surface area contributed by atoms with Crippen molar-refractivity contribution in [2.75, 3.05) is 10.6 Å². The molecule has 1 atom stereocenters. The fourth-order valence-electron chi connectivity index (χ4n) is 3.40. The number of anilines is 2. The van der Waals surface area contributed by atoms with E-state index in [2.05, 4.69) is 34.7 Å². The Labute approximate surface area is 161 Å². The van der Waals surface area contributed by atoms with Crippen LogP contribution in [0.3, 0.4) is 0 Å². The Balaban J connectivity index is 1.55. The summed E-state index contributed by atoms with van der Waals surface area (Å²) in [5.41, 5.74) is 3.73. The minimum Gasteiger partial charge on any atom is -0.326 e. The molecule has 0 bridgehead atoms. The monoisotopic (exact) mass is 379 g/mol. The lowest BCUT2D eigenvalue weighted by atomic mass is 9.90. The Hall–Kier alpha value is -2.73. The van der Waals surface area contributed by atoms with Crippen LogP contribution in [-0.2, 0) is 16.0 Å². The molecule has 1 unspecified atom stereocenters. The van der Waals surface area contributed by atoms with Crippen LogP contribution < -0.4 is 10.6 Å². The predicted octanol–water partition coefficient (Wildman–Crippen LogP) is 4.70. The molecule has 0 radical (unpaired) electrons. The van der Waals surface area contributed by atoms with E-state index in [1.165, 1.54) is 23.3 Å². The third kappa shape index (κ3) is 3.71. The van der Waals surface area contributed by atoms with Gasteiger partial charge >= 0.3 is 0 Å². The zero-order valence-corrected chi connectivity index (χ0v) is 15.9. The normalized spacial score (nSPS) is 16.0. The lowest BCUT2D eigenvalue weighted by Gasteiger charge is -2.24. The van der Waals surface area contributed by atoms with Crippen molar-refractivity contribution in [3.8, 4) is 0 Å². The maximum atomic E-state index is 12.8. The first kappa shape index (κ1) is 17.7. The second-order valence-corrected chi connectivity index (χ2v) is 7.84. The lowest BCUT2D eigenvalue weighted by Crippen LogP contribution is -2.30. The number of hydrogen-bond donors (Lipinski definition) is 2. The van der Waals surface area contributed by atoms with E-state index in [4.69, 9.17) is 0 Å². The summed E-state index contributed by atoms with van der Waals surface area (Å²) >= 11 is 1.48. The van der Waals surface area contributed by atoms with Gasteiger partial charge in [-0.3, -0.25) is 9.59 Å². The Morgan fingerprint density at radius 1 is 1.30 bits per heavy atom. The van der Waals surface area contributed by atoms with Crippen molar-refractivity contribution in [2.24, 2.45) is 0 Å². The van der Waals surface area contributed by atoms with Gasteiger partial charge in [0, 0.05) is 12.1 Å². The lowest BCUT2D eigenvalue weighted by molar-refractivity contribution is -0.123. The predicted molar refractivity (Wildman–Crippen MR) is 109 cm³/mol. The molecule has 2 amide bonds. The van der Waals surface area contributed by atoms with Crippen LogP contribution in [0.15, 0.2) is 42.5 Å². The van der Waals surface area contributed by atoms with E-state index >= 15 is 0 Å². The van der Waals surface area contributed by atoms with E-state index in [0.29, 0.717) is 10.8 Å². The van der Waals surface area contributed by atoms with Crippen LogP contribution in [0.1, 0.15) is 43.2 Å². The molecule has 0 spiro atoms. The number of nitrogens with zero attached hydrogens (tertiary/aromatic N) is 1. The van der Waals surface area contributed by atoms with Gasteiger partial charge in [0.15, 0.2) is 5.13 Å². The highest BCUT2D eigenvalue weighted by Gasteiger charge is 2.30. The molecule has 1 aliphatic rings. The van der Waals surface area contributed by atoms with Crippen LogP contribution >= 0.6 is 11.3 Å². The number of thiazole rings is 1. The first-order chi connectivity index (χ1) is 13.1. The highest BCUT2D eigenvalue weighted by molar-refractivity contribution is 7.22. The summed E-state index contributed by atoms with van der Waals surface area (Å²) in [6, 6.07) is 13.7. The van der Waals surface area contributed by atoms with E-state index in [0.717, 1.165) is 28.6 Å². The molecule has 4 rings (SSSR count). The van der Waals surface area contributed by atoms with Gasteiger partial charge in [-0.2, -0.15) is 0 Å². The molecule has 0 saturated heterocycles. The summed E-state index contributed by atoms with van der Waals surface area (Å²) in [5, 5.41) is 6.31. The van der Waals surface area contributed by atoms with Gasteiger partial charge < -0.3 is 10.6 Å². The van der Waals surface area contributed by atoms with Crippen molar-refractivity contribution in [2.45, 2.75) is 38.5 Å².